The van der Waals surface area contributed by atoms with E-state index in [1.54, 1.807) is 30.4 Å². The number of carbonyl (C=O) groups excluding carboxylic acids is 1. The van der Waals surface area contributed by atoms with Gasteiger partial charge in [-0.2, -0.15) is 13.2 Å². The average Bonchev–Trinajstić information content (AvgIpc) is 2.25. The molecule has 1 aromatic heterocycles. The van der Waals surface area contributed by atoms with Gasteiger partial charge >= 0.3 is 6.18 Å². The Morgan fingerprint density at radius 3 is 2.47 bits per heavy atom. The summed E-state index contributed by atoms with van der Waals surface area (Å²) in [6, 6.07) is 2.98. The Morgan fingerprint density at radius 2 is 2.06 bits per heavy atom. The summed E-state index contributed by atoms with van der Waals surface area (Å²) >= 11 is 0. The van der Waals surface area contributed by atoms with Gasteiger partial charge in [0, 0.05) is 20.3 Å². The summed E-state index contributed by atoms with van der Waals surface area (Å²) in [6.45, 7) is -1.35. The zero-order valence-corrected chi connectivity index (χ0v) is 9.38. The summed E-state index contributed by atoms with van der Waals surface area (Å²) < 4.78 is 35.6. The second-order valence-corrected chi connectivity index (χ2v) is 3.60. The lowest BCUT2D eigenvalue weighted by Crippen LogP contribution is -2.33. The minimum atomic E-state index is -4.41. The first kappa shape index (κ1) is 13.3. The van der Waals surface area contributed by atoms with Crippen molar-refractivity contribution in [1.29, 1.82) is 0 Å². The Hall–Kier alpha value is -1.79. The van der Waals surface area contributed by atoms with Crippen molar-refractivity contribution in [3.63, 3.8) is 0 Å². The first-order chi connectivity index (χ1) is 7.79. The highest BCUT2D eigenvalue weighted by atomic mass is 19.4. The van der Waals surface area contributed by atoms with Crippen LogP contribution in [0.4, 0.5) is 19.0 Å². The van der Waals surface area contributed by atoms with E-state index in [-0.39, 0.29) is 5.56 Å². The molecule has 0 bridgehead atoms. The van der Waals surface area contributed by atoms with E-state index in [1.807, 2.05) is 0 Å². The maximum atomic E-state index is 11.9. The Morgan fingerprint density at radius 1 is 1.41 bits per heavy atom. The van der Waals surface area contributed by atoms with Crippen LogP contribution in [0.1, 0.15) is 10.4 Å². The van der Waals surface area contributed by atoms with E-state index in [0.29, 0.717) is 5.82 Å². The highest BCUT2D eigenvalue weighted by Crippen LogP contribution is 2.13. The SMILES string of the molecule is CN(C)c1ccc(C(=O)NCC(F)(F)F)cn1. The van der Waals surface area contributed by atoms with Crippen molar-refractivity contribution in [3.05, 3.63) is 23.9 Å². The van der Waals surface area contributed by atoms with Crippen molar-refractivity contribution in [2.75, 3.05) is 25.5 Å². The number of rotatable bonds is 3. The second kappa shape index (κ2) is 5.03. The van der Waals surface area contributed by atoms with Crippen molar-refractivity contribution in [3.8, 4) is 0 Å². The number of nitrogens with one attached hydrogen (secondary N) is 1. The Bertz CT molecular complexity index is 387. The largest absolute Gasteiger partial charge is 0.405 e. The molecule has 0 spiro atoms. The second-order valence-electron chi connectivity index (χ2n) is 3.60. The van der Waals surface area contributed by atoms with Crippen LogP contribution in [0.15, 0.2) is 18.3 Å². The van der Waals surface area contributed by atoms with Crippen LogP contribution < -0.4 is 10.2 Å². The van der Waals surface area contributed by atoms with E-state index in [9.17, 15) is 18.0 Å². The maximum Gasteiger partial charge on any atom is 0.405 e. The van der Waals surface area contributed by atoms with Crippen LogP contribution in [0.3, 0.4) is 0 Å². The maximum absolute atomic E-state index is 11.9. The summed E-state index contributed by atoms with van der Waals surface area (Å²) in [7, 11) is 3.54. The molecule has 1 N–H and O–H groups in total. The normalized spacial score (nSPS) is 11.1. The Labute approximate surface area is 96.4 Å². The number of hydrogen-bond donors (Lipinski definition) is 1. The smallest absolute Gasteiger partial charge is 0.363 e. The number of amides is 1. The predicted molar refractivity (Wildman–Crippen MR) is 57.0 cm³/mol. The van der Waals surface area contributed by atoms with E-state index in [2.05, 4.69) is 4.98 Å². The molecule has 0 saturated heterocycles. The molecule has 17 heavy (non-hydrogen) atoms. The number of aromatic nitrogens is 1. The van der Waals surface area contributed by atoms with Crippen molar-refractivity contribution < 1.29 is 18.0 Å². The molecule has 0 aromatic carbocycles. The van der Waals surface area contributed by atoms with Gasteiger partial charge in [-0.05, 0) is 12.1 Å². The number of pyridine rings is 1. The average molecular weight is 247 g/mol. The van der Waals surface area contributed by atoms with Crippen molar-refractivity contribution in [2.45, 2.75) is 6.18 Å². The number of alkyl halides is 3. The first-order valence-electron chi connectivity index (χ1n) is 4.78. The molecule has 0 radical (unpaired) electrons. The van der Waals surface area contributed by atoms with Gasteiger partial charge in [-0.3, -0.25) is 4.79 Å². The standard InChI is InChI=1S/C10H12F3N3O/c1-16(2)8-4-3-7(5-14-8)9(17)15-6-10(11,12)13/h3-5H,6H2,1-2H3,(H,15,17). The van der Waals surface area contributed by atoms with Crippen LogP contribution in [-0.2, 0) is 0 Å². The third-order valence-electron chi connectivity index (χ3n) is 1.92. The molecule has 0 atom stereocenters. The third-order valence-corrected chi connectivity index (χ3v) is 1.92. The zero-order chi connectivity index (χ0) is 13.1. The van der Waals surface area contributed by atoms with Crippen molar-refractivity contribution >= 4 is 11.7 Å². The molecule has 0 aliphatic carbocycles. The van der Waals surface area contributed by atoms with Crippen LogP contribution in [0.2, 0.25) is 0 Å². The van der Waals surface area contributed by atoms with Crippen molar-refractivity contribution in [2.24, 2.45) is 0 Å². The van der Waals surface area contributed by atoms with Gasteiger partial charge in [0.05, 0.1) is 5.56 Å². The van der Waals surface area contributed by atoms with Gasteiger partial charge in [0.1, 0.15) is 12.4 Å². The number of carbonyl (C=O) groups is 1. The summed E-state index contributed by atoms with van der Waals surface area (Å²) in [5.74, 6) is -0.169. The number of hydrogen-bond acceptors (Lipinski definition) is 3. The van der Waals surface area contributed by atoms with Gasteiger partial charge < -0.3 is 10.2 Å². The molecule has 0 aliphatic heterocycles. The highest BCUT2D eigenvalue weighted by molar-refractivity contribution is 5.94. The van der Waals surface area contributed by atoms with E-state index >= 15 is 0 Å². The molecule has 1 amide bonds. The Balaban J connectivity index is 2.64. The molecule has 4 nitrogen and oxygen atoms in total. The fraction of sp³-hybridized carbons (Fsp3) is 0.400. The van der Waals surface area contributed by atoms with Gasteiger partial charge in [-0.1, -0.05) is 0 Å². The summed E-state index contributed by atoms with van der Waals surface area (Å²) in [5, 5.41) is 1.77. The summed E-state index contributed by atoms with van der Waals surface area (Å²) in [4.78, 5) is 17.0. The lowest BCUT2D eigenvalue weighted by molar-refractivity contribution is -0.123. The molecule has 94 valence electrons. The minimum absolute atomic E-state index is 0.0971. The summed E-state index contributed by atoms with van der Waals surface area (Å²) in [5.41, 5.74) is 0.0971. The van der Waals surface area contributed by atoms with E-state index in [1.165, 1.54) is 12.3 Å². The topological polar surface area (TPSA) is 45.2 Å². The molecule has 1 rings (SSSR count). The molecular formula is C10H12F3N3O. The van der Waals surface area contributed by atoms with Crippen LogP contribution in [0, 0.1) is 0 Å². The highest BCUT2D eigenvalue weighted by Gasteiger charge is 2.27. The molecule has 0 saturated carbocycles. The van der Waals surface area contributed by atoms with Gasteiger partial charge in [-0.25, -0.2) is 4.98 Å². The van der Waals surface area contributed by atoms with Gasteiger partial charge in [0.2, 0.25) is 0 Å². The molecule has 0 unspecified atom stereocenters. The first-order valence-corrected chi connectivity index (χ1v) is 4.78. The quantitative estimate of drug-likeness (QED) is 0.879. The zero-order valence-electron chi connectivity index (χ0n) is 9.38. The lowest BCUT2D eigenvalue weighted by Gasteiger charge is -2.11. The Kier molecular flexibility index (Phi) is 3.93. The van der Waals surface area contributed by atoms with Gasteiger partial charge in [0.15, 0.2) is 0 Å². The van der Waals surface area contributed by atoms with E-state index in [4.69, 9.17) is 0 Å². The minimum Gasteiger partial charge on any atom is -0.363 e. The molecular weight excluding hydrogens is 235 g/mol. The molecule has 0 aliphatic rings. The number of nitrogens with zero attached hydrogens (tertiary/aromatic N) is 2. The van der Waals surface area contributed by atoms with Crippen LogP contribution >= 0.6 is 0 Å². The van der Waals surface area contributed by atoms with Crippen LogP contribution in [0.25, 0.3) is 0 Å². The monoisotopic (exact) mass is 247 g/mol. The molecule has 1 aromatic rings. The lowest BCUT2D eigenvalue weighted by atomic mass is 10.2. The van der Waals surface area contributed by atoms with Crippen molar-refractivity contribution in [1.82, 2.24) is 10.3 Å². The number of anilines is 1. The van der Waals surface area contributed by atoms with Crippen LogP contribution in [0.5, 0.6) is 0 Å². The molecule has 1 heterocycles. The molecule has 0 fully saturated rings. The van der Waals surface area contributed by atoms with Gasteiger partial charge in [0.25, 0.3) is 5.91 Å². The molecule has 7 heteroatoms. The van der Waals surface area contributed by atoms with Crippen LogP contribution in [-0.4, -0.2) is 37.7 Å². The fourth-order valence-electron chi connectivity index (χ4n) is 1.07. The number of halogens is 3. The third kappa shape index (κ3) is 4.29. The van der Waals surface area contributed by atoms with E-state index in [0.717, 1.165) is 0 Å². The van der Waals surface area contributed by atoms with E-state index < -0.39 is 18.6 Å². The van der Waals surface area contributed by atoms with Gasteiger partial charge in [-0.15, -0.1) is 0 Å². The predicted octanol–water partition coefficient (Wildman–Crippen LogP) is 1.44. The fourth-order valence-corrected chi connectivity index (χ4v) is 1.07. The summed E-state index contributed by atoms with van der Waals surface area (Å²) in [6.07, 6.45) is -3.17.